The van der Waals surface area contributed by atoms with E-state index in [1.54, 1.807) is 12.3 Å². The van der Waals surface area contributed by atoms with Crippen LogP contribution in [0.5, 0.6) is 0 Å². The Morgan fingerprint density at radius 2 is 1.93 bits per heavy atom. The minimum atomic E-state index is -0.515. The van der Waals surface area contributed by atoms with Crippen molar-refractivity contribution in [3.05, 3.63) is 71.8 Å². The number of amidine groups is 1. The summed E-state index contributed by atoms with van der Waals surface area (Å²) in [6, 6.07) is 17.3. The van der Waals surface area contributed by atoms with Crippen LogP contribution in [0.15, 0.2) is 70.9 Å². The largest absolute Gasteiger partial charge is 0.326 e. The van der Waals surface area contributed by atoms with Gasteiger partial charge in [-0.1, -0.05) is 65.9 Å². The summed E-state index contributed by atoms with van der Waals surface area (Å²) in [6.07, 6.45) is 5.29. The smallest absolute Gasteiger partial charge is 0.240 e. The lowest BCUT2D eigenvalue weighted by molar-refractivity contribution is -0.122. The normalized spacial score (nSPS) is 18.1. The summed E-state index contributed by atoms with van der Waals surface area (Å²) < 4.78 is 0. The number of benzene rings is 2. The van der Waals surface area contributed by atoms with Crippen molar-refractivity contribution in [3.8, 4) is 0 Å². The summed E-state index contributed by atoms with van der Waals surface area (Å²) in [5, 5.41) is 13.2. The molecule has 3 rings (SSSR count). The Morgan fingerprint density at radius 3 is 2.68 bits per heavy atom. The molecule has 0 saturated carbocycles. The molecule has 0 aliphatic carbocycles. The van der Waals surface area contributed by atoms with Gasteiger partial charge in [0.05, 0.1) is 0 Å². The minimum absolute atomic E-state index is 0.0705. The molecule has 142 valence electrons. The van der Waals surface area contributed by atoms with Gasteiger partial charge in [0, 0.05) is 18.3 Å². The van der Waals surface area contributed by atoms with Crippen molar-refractivity contribution in [1.82, 2.24) is 5.32 Å². The molecular formula is C21H20N4O2S. The topological polar surface area (TPSA) is 82.9 Å². The number of anilines is 1. The lowest BCUT2D eigenvalue weighted by atomic mass is 10.2. The molecule has 1 aliphatic rings. The molecule has 2 aromatic carbocycles. The first-order chi connectivity index (χ1) is 13.6. The number of nitrogens with one attached hydrogen (secondary N) is 2. The predicted octanol–water partition coefficient (Wildman–Crippen LogP) is 3.61. The van der Waals surface area contributed by atoms with Crippen molar-refractivity contribution in [2.24, 2.45) is 10.2 Å². The van der Waals surface area contributed by atoms with Crippen molar-refractivity contribution in [1.29, 1.82) is 0 Å². The third-order valence-corrected chi connectivity index (χ3v) is 4.94. The zero-order valence-corrected chi connectivity index (χ0v) is 16.1. The number of allylic oxidation sites excluding steroid dienone is 1. The maximum absolute atomic E-state index is 12.2. The number of rotatable bonds is 6. The van der Waals surface area contributed by atoms with Gasteiger partial charge in [-0.3, -0.25) is 9.59 Å². The summed E-state index contributed by atoms with van der Waals surface area (Å²) in [6.45, 7) is 1.98. The highest BCUT2D eigenvalue weighted by molar-refractivity contribution is 8.15. The first-order valence-electron chi connectivity index (χ1n) is 8.77. The number of thioether (sulfide) groups is 1. The van der Waals surface area contributed by atoms with E-state index in [0.29, 0.717) is 10.9 Å². The van der Waals surface area contributed by atoms with Gasteiger partial charge in [-0.25, -0.2) is 0 Å². The third-order valence-electron chi connectivity index (χ3n) is 3.87. The Morgan fingerprint density at radius 1 is 1.18 bits per heavy atom. The molecule has 1 saturated heterocycles. The fourth-order valence-corrected chi connectivity index (χ4v) is 3.37. The predicted molar refractivity (Wildman–Crippen MR) is 115 cm³/mol. The Bertz CT molecular complexity index is 921. The molecule has 1 aliphatic heterocycles. The number of carbonyl (C=O) groups is 2. The molecule has 2 N–H and O–H groups in total. The number of hydrogen-bond donors (Lipinski definition) is 2. The van der Waals surface area contributed by atoms with E-state index in [-0.39, 0.29) is 18.2 Å². The number of aryl methyl sites for hydroxylation is 1. The summed E-state index contributed by atoms with van der Waals surface area (Å²) in [4.78, 5) is 24.2. The van der Waals surface area contributed by atoms with Crippen LogP contribution in [0.1, 0.15) is 17.5 Å². The van der Waals surface area contributed by atoms with Gasteiger partial charge in [0.2, 0.25) is 11.8 Å². The van der Waals surface area contributed by atoms with E-state index in [9.17, 15) is 9.59 Å². The SMILES string of the molecule is Cc1ccc(NC(=O)CC2SC(=NN=CC=Cc3ccccc3)NC2=O)cc1. The van der Waals surface area contributed by atoms with Crippen LogP contribution >= 0.6 is 11.8 Å². The zero-order chi connectivity index (χ0) is 19.8. The number of nitrogens with zero attached hydrogens (tertiary/aromatic N) is 2. The van der Waals surface area contributed by atoms with E-state index in [2.05, 4.69) is 20.8 Å². The molecule has 2 aromatic rings. The number of amides is 2. The second kappa shape index (κ2) is 9.66. The molecule has 1 fully saturated rings. The van der Waals surface area contributed by atoms with E-state index in [1.165, 1.54) is 11.8 Å². The van der Waals surface area contributed by atoms with E-state index in [4.69, 9.17) is 0 Å². The molecule has 1 unspecified atom stereocenters. The van der Waals surface area contributed by atoms with Crippen LogP contribution in [-0.4, -0.2) is 28.4 Å². The van der Waals surface area contributed by atoms with Gasteiger partial charge >= 0.3 is 0 Å². The summed E-state index contributed by atoms with van der Waals surface area (Å²) in [5.41, 5.74) is 2.89. The van der Waals surface area contributed by atoms with Crippen LogP contribution in [0.2, 0.25) is 0 Å². The van der Waals surface area contributed by atoms with E-state index >= 15 is 0 Å². The Balaban J connectivity index is 1.49. The van der Waals surface area contributed by atoms with Crippen molar-refractivity contribution >= 4 is 46.7 Å². The highest BCUT2D eigenvalue weighted by atomic mass is 32.2. The second-order valence-corrected chi connectivity index (χ2v) is 7.35. The van der Waals surface area contributed by atoms with Crippen molar-refractivity contribution in [3.63, 3.8) is 0 Å². The van der Waals surface area contributed by atoms with Gasteiger partial charge < -0.3 is 10.6 Å². The van der Waals surface area contributed by atoms with Gasteiger partial charge in [-0.15, -0.1) is 5.10 Å². The van der Waals surface area contributed by atoms with E-state index in [0.717, 1.165) is 11.1 Å². The third kappa shape index (κ3) is 5.92. The maximum atomic E-state index is 12.2. The summed E-state index contributed by atoms with van der Waals surface area (Å²) >= 11 is 1.21. The quantitative estimate of drug-likeness (QED) is 0.582. The average molecular weight is 392 g/mol. The Kier molecular flexibility index (Phi) is 6.75. The summed E-state index contributed by atoms with van der Waals surface area (Å²) in [7, 11) is 0. The van der Waals surface area contributed by atoms with Crippen molar-refractivity contribution < 1.29 is 9.59 Å². The molecule has 0 spiro atoms. The zero-order valence-electron chi connectivity index (χ0n) is 15.3. The average Bonchev–Trinajstić information content (AvgIpc) is 3.03. The molecular weight excluding hydrogens is 372 g/mol. The first kappa shape index (κ1) is 19.6. The lowest BCUT2D eigenvalue weighted by Crippen LogP contribution is -2.28. The van der Waals surface area contributed by atoms with Crippen LogP contribution in [0.4, 0.5) is 5.69 Å². The molecule has 7 heteroatoms. The Labute approximate surface area is 167 Å². The number of carbonyl (C=O) groups excluding carboxylic acids is 2. The van der Waals surface area contributed by atoms with Crippen LogP contribution in [0, 0.1) is 6.92 Å². The molecule has 1 atom stereocenters. The Hall–Kier alpha value is -3.19. The standard InChI is InChI=1S/C21H20N4O2S/c1-15-9-11-17(12-10-15)23-19(26)14-18-20(27)24-21(28-18)25-22-13-5-8-16-6-3-2-4-7-16/h2-13,18H,14H2,1H3,(H,23,26)(H,24,25,27). The van der Waals surface area contributed by atoms with Crippen molar-refractivity contribution in [2.75, 3.05) is 5.32 Å². The van der Waals surface area contributed by atoms with Crippen LogP contribution in [0.3, 0.4) is 0 Å². The molecule has 0 radical (unpaired) electrons. The summed E-state index contributed by atoms with van der Waals surface area (Å²) in [5.74, 6) is -0.454. The molecule has 28 heavy (non-hydrogen) atoms. The second-order valence-electron chi connectivity index (χ2n) is 6.15. The van der Waals surface area contributed by atoms with Crippen LogP contribution in [0.25, 0.3) is 6.08 Å². The molecule has 0 bridgehead atoms. The minimum Gasteiger partial charge on any atom is -0.326 e. The van der Waals surface area contributed by atoms with Crippen LogP contribution in [-0.2, 0) is 9.59 Å². The fourth-order valence-electron chi connectivity index (χ4n) is 2.45. The molecule has 6 nitrogen and oxygen atoms in total. The first-order valence-corrected chi connectivity index (χ1v) is 9.65. The molecule has 1 heterocycles. The van der Waals surface area contributed by atoms with E-state index in [1.807, 2.05) is 67.6 Å². The van der Waals surface area contributed by atoms with Crippen molar-refractivity contribution in [2.45, 2.75) is 18.6 Å². The lowest BCUT2D eigenvalue weighted by Gasteiger charge is -2.07. The van der Waals surface area contributed by atoms with Gasteiger partial charge in [-0.2, -0.15) is 5.10 Å². The van der Waals surface area contributed by atoms with Gasteiger partial charge in [0.15, 0.2) is 5.17 Å². The fraction of sp³-hybridized carbons (Fsp3) is 0.143. The highest BCUT2D eigenvalue weighted by Gasteiger charge is 2.32. The maximum Gasteiger partial charge on any atom is 0.240 e. The van der Waals surface area contributed by atoms with Crippen LogP contribution < -0.4 is 10.6 Å². The van der Waals surface area contributed by atoms with E-state index < -0.39 is 5.25 Å². The molecule has 2 amide bonds. The molecule has 0 aromatic heterocycles. The van der Waals surface area contributed by atoms with Gasteiger partial charge in [-0.05, 0) is 30.7 Å². The van der Waals surface area contributed by atoms with Gasteiger partial charge in [0.1, 0.15) is 5.25 Å². The van der Waals surface area contributed by atoms with Gasteiger partial charge in [0.25, 0.3) is 0 Å². The monoisotopic (exact) mass is 392 g/mol. The number of hydrogen-bond acceptors (Lipinski definition) is 5. The highest BCUT2D eigenvalue weighted by Crippen LogP contribution is 2.23.